The van der Waals surface area contributed by atoms with Crippen LogP contribution in [0, 0.1) is 0 Å². The van der Waals surface area contributed by atoms with Gasteiger partial charge >= 0.3 is 5.97 Å². The molecule has 2 atom stereocenters. The van der Waals surface area contributed by atoms with E-state index in [0.717, 1.165) is 28.8 Å². The number of benzene rings is 2. The molecule has 11 heteroatoms. The van der Waals surface area contributed by atoms with Crippen molar-refractivity contribution in [2.75, 3.05) is 27.0 Å². The molecule has 2 aromatic carbocycles. The average molecular weight is 484 g/mol. The number of methoxy groups -OCH3 is 2. The molecule has 3 rings (SSSR count). The SMILES string of the molecule is COC(=O)[C@H]1C[C@H](OS(C)(=O)=O)CCN1S(=O)(=O)c1ccc(-c2ccc(OC)cc2)cc1. The van der Waals surface area contributed by atoms with Crippen LogP contribution in [-0.2, 0) is 33.9 Å². The standard InChI is InChI=1S/C21H25NO8S2/c1-28-17-8-4-15(5-9-17)16-6-10-19(11-7-16)32(26,27)22-13-12-18(30-31(3,24)25)14-20(22)21(23)29-2/h4-11,18,20H,12-14H2,1-3H3/t18-,20-/m1/s1. The predicted octanol–water partition coefficient (Wildman–Crippen LogP) is 2.03. The van der Waals surface area contributed by atoms with E-state index in [1.165, 1.54) is 12.1 Å². The zero-order valence-corrected chi connectivity index (χ0v) is 19.6. The maximum absolute atomic E-state index is 13.3. The number of carbonyl (C=O) groups is 1. The highest BCUT2D eigenvalue weighted by Gasteiger charge is 2.42. The van der Waals surface area contributed by atoms with Crippen molar-refractivity contribution in [3.05, 3.63) is 48.5 Å². The molecule has 0 bridgehead atoms. The van der Waals surface area contributed by atoms with Gasteiger partial charge in [-0.1, -0.05) is 24.3 Å². The fraction of sp³-hybridized carbons (Fsp3) is 0.381. The van der Waals surface area contributed by atoms with Crippen LogP contribution in [0.5, 0.6) is 5.75 Å². The summed E-state index contributed by atoms with van der Waals surface area (Å²) in [5, 5.41) is 0. The molecule has 0 unspecified atom stereocenters. The lowest BCUT2D eigenvalue weighted by atomic mass is 10.0. The molecule has 0 amide bonds. The molecule has 0 aliphatic carbocycles. The molecule has 1 aliphatic rings. The fourth-order valence-corrected chi connectivity index (χ4v) is 5.89. The molecule has 0 aromatic heterocycles. The van der Waals surface area contributed by atoms with Crippen LogP contribution in [-0.4, -0.2) is 66.3 Å². The molecule has 174 valence electrons. The topological polar surface area (TPSA) is 116 Å². The number of piperidine rings is 1. The summed E-state index contributed by atoms with van der Waals surface area (Å²) in [5.74, 6) is -0.0599. The highest BCUT2D eigenvalue weighted by atomic mass is 32.2. The van der Waals surface area contributed by atoms with Crippen LogP contribution >= 0.6 is 0 Å². The Bertz CT molecular complexity index is 1160. The Hall–Kier alpha value is -2.47. The van der Waals surface area contributed by atoms with E-state index in [9.17, 15) is 21.6 Å². The Morgan fingerprint density at radius 3 is 2.00 bits per heavy atom. The molecular formula is C21H25NO8S2. The monoisotopic (exact) mass is 483 g/mol. The molecule has 1 heterocycles. The molecule has 1 saturated heterocycles. The van der Waals surface area contributed by atoms with Gasteiger partial charge < -0.3 is 9.47 Å². The lowest BCUT2D eigenvalue weighted by molar-refractivity contribution is -0.147. The van der Waals surface area contributed by atoms with Crippen LogP contribution in [0.15, 0.2) is 53.4 Å². The number of carbonyl (C=O) groups excluding carboxylic acids is 1. The van der Waals surface area contributed by atoms with Gasteiger partial charge in [0.15, 0.2) is 0 Å². The van der Waals surface area contributed by atoms with E-state index >= 15 is 0 Å². The summed E-state index contributed by atoms with van der Waals surface area (Å²) in [6, 6.07) is 12.5. The number of rotatable bonds is 7. The molecule has 1 fully saturated rings. The second-order valence-electron chi connectivity index (χ2n) is 7.35. The average Bonchev–Trinajstić information content (AvgIpc) is 2.77. The Morgan fingerprint density at radius 2 is 1.50 bits per heavy atom. The Kier molecular flexibility index (Phi) is 7.23. The fourth-order valence-electron chi connectivity index (χ4n) is 3.62. The summed E-state index contributed by atoms with van der Waals surface area (Å²) in [6.07, 6.45) is 0.110. The van der Waals surface area contributed by atoms with E-state index in [0.29, 0.717) is 5.75 Å². The molecule has 9 nitrogen and oxygen atoms in total. The largest absolute Gasteiger partial charge is 0.497 e. The maximum Gasteiger partial charge on any atom is 0.324 e. The Morgan fingerprint density at radius 1 is 0.938 bits per heavy atom. The summed E-state index contributed by atoms with van der Waals surface area (Å²) >= 11 is 0. The molecule has 0 spiro atoms. The van der Waals surface area contributed by atoms with Crippen molar-refractivity contribution in [3.63, 3.8) is 0 Å². The molecule has 0 N–H and O–H groups in total. The van der Waals surface area contributed by atoms with Crippen molar-refractivity contribution in [3.8, 4) is 16.9 Å². The van der Waals surface area contributed by atoms with Gasteiger partial charge in [0.1, 0.15) is 11.8 Å². The van der Waals surface area contributed by atoms with Crippen molar-refractivity contribution in [2.24, 2.45) is 0 Å². The third-order valence-electron chi connectivity index (χ3n) is 5.17. The first kappa shape index (κ1) is 24.2. The van der Waals surface area contributed by atoms with Crippen molar-refractivity contribution >= 4 is 26.1 Å². The van der Waals surface area contributed by atoms with Gasteiger partial charge in [-0.25, -0.2) is 8.42 Å². The Balaban J connectivity index is 1.85. The minimum absolute atomic E-state index is 0.0196. The highest BCUT2D eigenvalue weighted by molar-refractivity contribution is 7.89. The van der Waals surface area contributed by atoms with E-state index in [1.807, 2.05) is 24.3 Å². The summed E-state index contributed by atoms with van der Waals surface area (Å²) in [4.78, 5) is 12.3. The van der Waals surface area contributed by atoms with Gasteiger partial charge in [-0.15, -0.1) is 0 Å². The first-order valence-electron chi connectivity index (χ1n) is 9.77. The molecule has 2 aromatic rings. The molecular weight excluding hydrogens is 458 g/mol. The predicted molar refractivity (Wildman–Crippen MR) is 117 cm³/mol. The lowest BCUT2D eigenvalue weighted by Gasteiger charge is -2.36. The first-order valence-corrected chi connectivity index (χ1v) is 13.0. The van der Waals surface area contributed by atoms with E-state index in [4.69, 9.17) is 13.7 Å². The van der Waals surface area contributed by atoms with Crippen LogP contribution in [0.1, 0.15) is 12.8 Å². The first-order chi connectivity index (χ1) is 15.0. The van der Waals surface area contributed by atoms with E-state index in [2.05, 4.69) is 0 Å². The van der Waals surface area contributed by atoms with Crippen molar-refractivity contribution in [1.29, 1.82) is 0 Å². The molecule has 0 radical (unpaired) electrons. The number of sulfonamides is 1. The van der Waals surface area contributed by atoms with E-state index in [-0.39, 0.29) is 24.3 Å². The number of hydrogen-bond donors (Lipinski definition) is 0. The smallest absolute Gasteiger partial charge is 0.324 e. The number of nitrogens with zero attached hydrogens (tertiary/aromatic N) is 1. The second-order valence-corrected chi connectivity index (χ2v) is 10.8. The van der Waals surface area contributed by atoms with Crippen LogP contribution < -0.4 is 4.74 Å². The van der Waals surface area contributed by atoms with Gasteiger partial charge in [-0.3, -0.25) is 8.98 Å². The maximum atomic E-state index is 13.3. The minimum Gasteiger partial charge on any atom is -0.497 e. The third kappa shape index (κ3) is 5.47. The number of hydrogen-bond acceptors (Lipinski definition) is 8. The molecule has 0 saturated carbocycles. The van der Waals surface area contributed by atoms with Crippen LogP contribution in [0.3, 0.4) is 0 Å². The normalized spacial score (nSPS) is 20.0. The quantitative estimate of drug-likeness (QED) is 0.434. The van der Waals surface area contributed by atoms with E-state index < -0.39 is 38.3 Å². The van der Waals surface area contributed by atoms with Gasteiger partial charge in [0.25, 0.3) is 10.1 Å². The van der Waals surface area contributed by atoms with Crippen LogP contribution in [0.4, 0.5) is 0 Å². The summed E-state index contributed by atoms with van der Waals surface area (Å²) in [6.45, 7) is -0.0808. The molecule has 1 aliphatic heterocycles. The number of ether oxygens (including phenoxy) is 2. The highest BCUT2D eigenvalue weighted by Crippen LogP contribution is 2.30. The zero-order valence-electron chi connectivity index (χ0n) is 17.9. The van der Waals surface area contributed by atoms with Crippen molar-refractivity contribution in [1.82, 2.24) is 4.31 Å². The van der Waals surface area contributed by atoms with Gasteiger partial charge in [0.2, 0.25) is 10.0 Å². The summed E-state index contributed by atoms with van der Waals surface area (Å²) < 4.78 is 65.4. The van der Waals surface area contributed by atoms with E-state index in [1.54, 1.807) is 19.2 Å². The molecule has 32 heavy (non-hydrogen) atoms. The van der Waals surface area contributed by atoms with Gasteiger partial charge in [0.05, 0.1) is 31.5 Å². The zero-order chi connectivity index (χ0) is 23.5. The van der Waals surface area contributed by atoms with Gasteiger partial charge in [0, 0.05) is 13.0 Å². The minimum atomic E-state index is -4.04. The van der Waals surface area contributed by atoms with Crippen molar-refractivity contribution < 1.29 is 35.3 Å². The third-order valence-corrected chi connectivity index (χ3v) is 7.72. The van der Waals surface area contributed by atoms with Gasteiger partial charge in [-0.2, -0.15) is 12.7 Å². The van der Waals surface area contributed by atoms with Crippen LogP contribution in [0.25, 0.3) is 11.1 Å². The van der Waals surface area contributed by atoms with Crippen LogP contribution in [0.2, 0.25) is 0 Å². The summed E-state index contributed by atoms with van der Waals surface area (Å²) in [7, 11) is -5.06. The second kappa shape index (κ2) is 9.57. The van der Waals surface area contributed by atoms with Crippen molar-refractivity contribution in [2.45, 2.75) is 29.9 Å². The van der Waals surface area contributed by atoms with Gasteiger partial charge in [-0.05, 0) is 41.8 Å². The lowest BCUT2D eigenvalue weighted by Crippen LogP contribution is -2.52. The number of esters is 1. The Labute approximate surface area is 188 Å². The summed E-state index contributed by atoms with van der Waals surface area (Å²) in [5.41, 5.74) is 1.71.